The van der Waals surface area contributed by atoms with Crippen LogP contribution < -0.4 is 4.90 Å². The number of nitrogens with zero attached hydrogens (tertiary/aromatic N) is 3. The third-order valence-electron chi connectivity index (χ3n) is 5.81. The fourth-order valence-electron chi connectivity index (χ4n) is 4.05. The van der Waals surface area contributed by atoms with Crippen LogP contribution in [0.5, 0.6) is 0 Å². The summed E-state index contributed by atoms with van der Waals surface area (Å²) in [6.45, 7) is 6.85. The maximum atomic E-state index is 9.70. The number of benzene rings is 1. The van der Waals surface area contributed by atoms with Crippen LogP contribution in [0.4, 0.5) is 5.69 Å². The first-order chi connectivity index (χ1) is 12.9. The standard InChI is InChI=1S/C22H31N3O2/c1-14(2)20-11-17(15(3)10-18(20)13-26)12-21-23-24-22(27-21)16-6-8-19(9-7-16)25(4)5/h6-10,14,17-18,20,26H,11-13H2,1-5H3/t17-,18-,20-/m0/s1. The Kier molecular flexibility index (Phi) is 6.00. The summed E-state index contributed by atoms with van der Waals surface area (Å²) in [6.07, 6.45) is 4.06. The maximum Gasteiger partial charge on any atom is 0.247 e. The van der Waals surface area contributed by atoms with E-state index in [0.29, 0.717) is 29.5 Å². The van der Waals surface area contributed by atoms with Gasteiger partial charge in [0.05, 0.1) is 0 Å². The molecule has 5 heteroatoms. The van der Waals surface area contributed by atoms with Gasteiger partial charge in [-0.15, -0.1) is 10.2 Å². The molecule has 3 rings (SSSR count). The van der Waals surface area contributed by atoms with Crippen LogP contribution in [0, 0.1) is 23.7 Å². The van der Waals surface area contributed by atoms with Gasteiger partial charge >= 0.3 is 0 Å². The molecular weight excluding hydrogens is 338 g/mol. The predicted octanol–water partition coefficient (Wildman–Crippen LogP) is 4.19. The number of hydrogen-bond donors (Lipinski definition) is 1. The summed E-state index contributed by atoms with van der Waals surface area (Å²) in [5.74, 6) is 2.94. The van der Waals surface area contributed by atoms with Crippen molar-refractivity contribution in [3.63, 3.8) is 0 Å². The largest absolute Gasteiger partial charge is 0.421 e. The maximum absolute atomic E-state index is 9.70. The van der Waals surface area contributed by atoms with E-state index in [-0.39, 0.29) is 12.5 Å². The molecule has 1 aliphatic rings. The third kappa shape index (κ3) is 4.41. The Morgan fingerprint density at radius 2 is 1.89 bits per heavy atom. The average Bonchev–Trinajstić information content (AvgIpc) is 3.11. The zero-order valence-electron chi connectivity index (χ0n) is 17.0. The van der Waals surface area contributed by atoms with E-state index in [0.717, 1.165) is 24.1 Å². The smallest absolute Gasteiger partial charge is 0.247 e. The summed E-state index contributed by atoms with van der Waals surface area (Å²) >= 11 is 0. The average molecular weight is 370 g/mol. The molecule has 1 aliphatic carbocycles. The summed E-state index contributed by atoms with van der Waals surface area (Å²) in [7, 11) is 4.04. The Morgan fingerprint density at radius 1 is 1.19 bits per heavy atom. The lowest BCUT2D eigenvalue weighted by Gasteiger charge is -2.36. The van der Waals surface area contributed by atoms with E-state index in [2.05, 4.69) is 54.1 Å². The molecule has 0 spiro atoms. The molecule has 5 nitrogen and oxygen atoms in total. The van der Waals surface area contributed by atoms with Crippen molar-refractivity contribution in [2.75, 3.05) is 25.6 Å². The summed E-state index contributed by atoms with van der Waals surface area (Å²) in [6, 6.07) is 8.13. The minimum atomic E-state index is 0.223. The molecule has 3 atom stereocenters. The van der Waals surface area contributed by atoms with Crippen LogP contribution in [0.1, 0.15) is 33.1 Å². The number of hydrogen-bond acceptors (Lipinski definition) is 5. The van der Waals surface area contributed by atoms with Gasteiger partial charge in [-0.1, -0.05) is 25.5 Å². The van der Waals surface area contributed by atoms with Gasteiger partial charge < -0.3 is 14.4 Å². The third-order valence-corrected chi connectivity index (χ3v) is 5.81. The van der Waals surface area contributed by atoms with E-state index in [4.69, 9.17) is 4.42 Å². The molecule has 0 saturated heterocycles. The minimum absolute atomic E-state index is 0.223. The first-order valence-corrected chi connectivity index (χ1v) is 9.78. The lowest BCUT2D eigenvalue weighted by atomic mass is 9.70. The van der Waals surface area contributed by atoms with E-state index in [1.54, 1.807) is 0 Å². The number of anilines is 1. The van der Waals surface area contributed by atoms with Gasteiger partial charge in [-0.05, 0) is 55.4 Å². The van der Waals surface area contributed by atoms with E-state index in [9.17, 15) is 5.11 Å². The Bertz CT molecular complexity index is 777. The Morgan fingerprint density at radius 3 is 2.48 bits per heavy atom. The van der Waals surface area contributed by atoms with Crippen LogP contribution in [0.3, 0.4) is 0 Å². The van der Waals surface area contributed by atoms with Gasteiger partial charge in [-0.25, -0.2) is 0 Å². The molecule has 146 valence electrons. The molecular formula is C22H31N3O2. The number of aliphatic hydroxyl groups excluding tert-OH is 1. The van der Waals surface area contributed by atoms with Crippen molar-refractivity contribution >= 4 is 5.69 Å². The second-order valence-corrected chi connectivity index (χ2v) is 8.24. The summed E-state index contributed by atoms with van der Waals surface area (Å²) < 4.78 is 5.96. The van der Waals surface area contributed by atoms with E-state index >= 15 is 0 Å². The highest BCUT2D eigenvalue weighted by Gasteiger charge is 2.32. The fourth-order valence-corrected chi connectivity index (χ4v) is 4.05. The molecule has 0 saturated carbocycles. The second-order valence-electron chi connectivity index (χ2n) is 8.24. The highest BCUT2D eigenvalue weighted by atomic mass is 16.4. The van der Waals surface area contributed by atoms with Gasteiger partial charge in [-0.3, -0.25) is 0 Å². The number of allylic oxidation sites excluding steroid dienone is 1. The lowest BCUT2D eigenvalue weighted by Crippen LogP contribution is -2.30. The quantitative estimate of drug-likeness (QED) is 0.774. The van der Waals surface area contributed by atoms with Crippen LogP contribution in [0.25, 0.3) is 11.5 Å². The molecule has 27 heavy (non-hydrogen) atoms. The van der Waals surface area contributed by atoms with E-state index < -0.39 is 0 Å². The molecule has 0 amide bonds. The minimum Gasteiger partial charge on any atom is -0.421 e. The molecule has 2 aromatic rings. The SMILES string of the molecule is CC1=C[C@@H](CO)[C@H](C(C)C)C[C@H]1Cc1nnc(-c2ccc(N(C)C)cc2)o1. The molecule has 0 unspecified atom stereocenters. The van der Waals surface area contributed by atoms with Crippen molar-refractivity contribution in [3.05, 3.63) is 41.8 Å². The number of rotatable bonds is 6. The summed E-state index contributed by atoms with van der Waals surface area (Å²) in [5.41, 5.74) is 3.40. The Balaban J connectivity index is 1.73. The Labute approximate surface area is 162 Å². The van der Waals surface area contributed by atoms with Gasteiger partial charge in [0, 0.05) is 44.3 Å². The zero-order valence-corrected chi connectivity index (χ0v) is 17.0. The molecule has 1 aromatic heterocycles. The molecule has 0 bridgehead atoms. The highest BCUT2D eigenvalue weighted by molar-refractivity contribution is 5.58. The van der Waals surface area contributed by atoms with Gasteiger partial charge in [0.25, 0.3) is 0 Å². The van der Waals surface area contributed by atoms with Gasteiger partial charge in [0.1, 0.15) is 0 Å². The van der Waals surface area contributed by atoms with Gasteiger partial charge in [0.2, 0.25) is 11.8 Å². The van der Waals surface area contributed by atoms with Gasteiger partial charge in [0.15, 0.2) is 0 Å². The second kappa shape index (κ2) is 8.26. The van der Waals surface area contributed by atoms with E-state index in [1.807, 2.05) is 26.2 Å². The van der Waals surface area contributed by atoms with Gasteiger partial charge in [-0.2, -0.15) is 0 Å². The molecule has 0 fully saturated rings. The van der Waals surface area contributed by atoms with Crippen LogP contribution in [0.2, 0.25) is 0 Å². The van der Waals surface area contributed by atoms with E-state index in [1.165, 1.54) is 5.57 Å². The van der Waals surface area contributed by atoms with Crippen LogP contribution in [0.15, 0.2) is 40.3 Å². The highest BCUT2D eigenvalue weighted by Crippen LogP contribution is 2.38. The molecule has 1 aromatic carbocycles. The topological polar surface area (TPSA) is 62.4 Å². The van der Waals surface area contributed by atoms with Crippen LogP contribution >= 0.6 is 0 Å². The number of aromatic nitrogens is 2. The molecule has 0 radical (unpaired) electrons. The molecule has 0 aliphatic heterocycles. The van der Waals surface area contributed by atoms with Crippen LogP contribution in [-0.2, 0) is 6.42 Å². The molecule has 1 N–H and O–H groups in total. The summed E-state index contributed by atoms with van der Waals surface area (Å²) in [5, 5.41) is 18.2. The van der Waals surface area contributed by atoms with Crippen molar-refractivity contribution in [1.29, 1.82) is 0 Å². The predicted molar refractivity (Wildman–Crippen MR) is 109 cm³/mol. The van der Waals surface area contributed by atoms with Crippen molar-refractivity contribution in [1.82, 2.24) is 10.2 Å². The normalized spacial score (nSPS) is 22.8. The lowest BCUT2D eigenvalue weighted by molar-refractivity contribution is 0.147. The monoisotopic (exact) mass is 369 g/mol. The van der Waals surface area contributed by atoms with Crippen molar-refractivity contribution < 1.29 is 9.52 Å². The van der Waals surface area contributed by atoms with Crippen molar-refractivity contribution in [3.8, 4) is 11.5 Å². The van der Waals surface area contributed by atoms with Crippen molar-refractivity contribution in [2.24, 2.45) is 23.7 Å². The summed E-state index contributed by atoms with van der Waals surface area (Å²) in [4.78, 5) is 2.06. The fraction of sp³-hybridized carbons (Fsp3) is 0.545. The first kappa shape index (κ1) is 19.6. The van der Waals surface area contributed by atoms with Crippen molar-refractivity contribution in [2.45, 2.75) is 33.6 Å². The molecule has 1 heterocycles. The Hall–Kier alpha value is -2.14. The zero-order chi connectivity index (χ0) is 19.6. The first-order valence-electron chi connectivity index (χ1n) is 9.78. The number of aliphatic hydroxyl groups is 1. The van der Waals surface area contributed by atoms with Crippen LogP contribution in [-0.4, -0.2) is 36.0 Å².